The van der Waals surface area contributed by atoms with E-state index in [0.29, 0.717) is 18.6 Å². The van der Waals surface area contributed by atoms with Gasteiger partial charge in [0.1, 0.15) is 0 Å². The highest BCUT2D eigenvalue weighted by Crippen LogP contribution is 2.41. The van der Waals surface area contributed by atoms with Crippen molar-refractivity contribution in [3.8, 4) is 0 Å². The average Bonchev–Trinajstić information content (AvgIpc) is 2.72. The number of nitrogens with zero attached hydrogens (tertiary/aromatic N) is 3. The van der Waals surface area contributed by atoms with Crippen molar-refractivity contribution in [2.45, 2.75) is 43.8 Å². The summed E-state index contributed by atoms with van der Waals surface area (Å²) in [5, 5.41) is 0. The Labute approximate surface area is 140 Å². The molecule has 0 aromatic heterocycles. The van der Waals surface area contributed by atoms with Crippen LogP contribution in [-0.4, -0.2) is 61.7 Å². The molecule has 128 valence electrons. The molecule has 0 saturated carbocycles. The van der Waals surface area contributed by atoms with E-state index in [1.807, 2.05) is 6.07 Å². The second-order valence-corrected chi connectivity index (χ2v) is 8.95. The predicted molar refractivity (Wildman–Crippen MR) is 92.3 cm³/mol. The summed E-state index contributed by atoms with van der Waals surface area (Å²) in [5.41, 5.74) is 1.28. The van der Waals surface area contributed by atoms with Crippen molar-refractivity contribution < 1.29 is 8.42 Å². The van der Waals surface area contributed by atoms with Crippen LogP contribution >= 0.6 is 0 Å². The van der Waals surface area contributed by atoms with Crippen molar-refractivity contribution in [2.75, 3.05) is 27.7 Å². The van der Waals surface area contributed by atoms with E-state index in [1.54, 1.807) is 18.4 Å². The highest BCUT2D eigenvalue weighted by molar-refractivity contribution is 7.86. The molecule has 0 N–H and O–H groups in total. The fraction of sp³-hybridized carbons (Fsp3) is 0.647. The van der Waals surface area contributed by atoms with E-state index in [9.17, 15) is 8.42 Å². The Morgan fingerprint density at radius 1 is 1.09 bits per heavy atom. The molecule has 0 amide bonds. The van der Waals surface area contributed by atoms with Crippen molar-refractivity contribution in [3.05, 3.63) is 35.9 Å². The number of likely N-dealkylation sites (tertiary alicyclic amines) is 1. The van der Waals surface area contributed by atoms with E-state index in [-0.39, 0.29) is 6.04 Å². The molecule has 0 aliphatic carbocycles. The van der Waals surface area contributed by atoms with Gasteiger partial charge in [-0.05, 0) is 31.9 Å². The molecule has 6 heteroatoms. The van der Waals surface area contributed by atoms with E-state index in [1.165, 1.54) is 9.87 Å². The summed E-state index contributed by atoms with van der Waals surface area (Å²) < 4.78 is 28.6. The molecular formula is C17H27N3O2S. The summed E-state index contributed by atoms with van der Waals surface area (Å²) in [5.74, 6) is 0. The van der Waals surface area contributed by atoms with Gasteiger partial charge in [-0.25, -0.2) is 0 Å². The Morgan fingerprint density at radius 2 is 1.78 bits per heavy atom. The number of hydrogen-bond acceptors (Lipinski definition) is 3. The van der Waals surface area contributed by atoms with Gasteiger partial charge in [0.15, 0.2) is 0 Å². The smallest absolute Gasteiger partial charge is 0.281 e. The molecule has 3 rings (SSSR count). The first-order valence-corrected chi connectivity index (χ1v) is 9.79. The van der Waals surface area contributed by atoms with Crippen molar-refractivity contribution >= 4 is 10.2 Å². The Morgan fingerprint density at radius 3 is 2.43 bits per heavy atom. The van der Waals surface area contributed by atoms with Gasteiger partial charge in [-0.1, -0.05) is 36.8 Å². The van der Waals surface area contributed by atoms with Gasteiger partial charge in [-0.3, -0.25) is 4.90 Å². The maximum Gasteiger partial charge on any atom is 0.281 e. The van der Waals surface area contributed by atoms with Gasteiger partial charge < -0.3 is 0 Å². The first-order valence-electron chi connectivity index (χ1n) is 8.39. The third-order valence-corrected chi connectivity index (χ3v) is 7.33. The SMILES string of the molecule is CN1[C@H](c2ccccc2)C[C@@H]2[C@@H]1CCCCN2S(=O)(=O)N(C)C. The van der Waals surface area contributed by atoms with Crippen LogP contribution in [0.4, 0.5) is 0 Å². The normalized spacial score (nSPS) is 30.3. The molecule has 0 unspecified atom stereocenters. The number of likely N-dealkylation sites (N-methyl/N-ethyl adjacent to an activating group) is 1. The van der Waals surface area contributed by atoms with E-state index >= 15 is 0 Å². The van der Waals surface area contributed by atoms with Gasteiger partial charge in [0, 0.05) is 38.8 Å². The minimum Gasteiger partial charge on any atom is -0.295 e. The van der Waals surface area contributed by atoms with Crippen LogP contribution in [0.1, 0.15) is 37.3 Å². The second kappa shape index (κ2) is 6.51. The van der Waals surface area contributed by atoms with E-state index in [4.69, 9.17) is 0 Å². The molecule has 3 atom stereocenters. The second-order valence-electron chi connectivity index (χ2n) is 6.86. The van der Waals surface area contributed by atoms with Crippen LogP contribution in [0.15, 0.2) is 30.3 Å². The summed E-state index contributed by atoms with van der Waals surface area (Å²) in [6, 6.07) is 11.1. The third kappa shape index (κ3) is 3.05. The van der Waals surface area contributed by atoms with Gasteiger partial charge in [-0.15, -0.1) is 0 Å². The lowest BCUT2D eigenvalue weighted by Gasteiger charge is -2.32. The van der Waals surface area contributed by atoms with Crippen molar-refractivity contribution in [2.24, 2.45) is 0 Å². The molecule has 2 heterocycles. The first-order chi connectivity index (χ1) is 10.9. The average molecular weight is 337 g/mol. The maximum absolute atomic E-state index is 12.8. The summed E-state index contributed by atoms with van der Waals surface area (Å²) in [7, 11) is 2.04. The van der Waals surface area contributed by atoms with Crippen LogP contribution in [0.2, 0.25) is 0 Å². The van der Waals surface area contributed by atoms with E-state index in [2.05, 4.69) is 36.2 Å². The molecular weight excluding hydrogens is 310 g/mol. The zero-order valence-electron chi connectivity index (χ0n) is 14.2. The highest BCUT2D eigenvalue weighted by atomic mass is 32.2. The number of fused-ring (bicyclic) bond motifs is 1. The van der Waals surface area contributed by atoms with Crippen LogP contribution in [0, 0.1) is 0 Å². The fourth-order valence-electron chi connectivity index (χ4n) is 4.09. The predicted octanol–water partition coefficient (Wildman–Crippen LogP) is 2.09. The van der Waals surface area contributed by atoms with Crippen molar-refractivity contribution in [1.82, 2.24) is 13.5 Å². The van der Waals surface area contributed by atoms with Gasteiger partial charge in [0.2, 0.25) is 0 Å². The topological polar surface area (TPSA) is 43.9 Å². The standard InChI is InChI=1S/C17H27N3O2S/c1-18(2)23(21,22)20-12-8-7-11-15-17(20)13-16(19(15)3)14-9-5-4-6-10-14/h4-6,9-10,15-17H,7-8,11-13H2,1-3H3/t15-,16-,17+/m0/s1. The zero-order chi connectivity index (χ0) is 16.6. The molecule has 2 aliphatic rings. The Hall–Kier alpha value is -0.950. The monoisotopic (exact) mass is 337 g/mol. The van der Waals surface area contributed by atoms with E-state index in [0.717, 1.165) is 25.7 Å². The number of hydrogen-bond donors (Lipinski definition) is 0. The molecule has 1 aromatic carbocycles. The summed E-state index contributed by atoms with van der Waals surface area (Å²) >= 11 is 0. The third-order valence-electron chi connectivity index (χ3n) is 5.36. The van der Waals surface area contributed by atoms with Crippen molar-refractivity contribution in [1.29, 1.82) is 0 Å². The molecule has 0 spiro atoms. The molecule has 2 aliphatic heterocycles. The Bertz CT molecular complexity index is 632. The van der Waals surface area contributed by atoms with Crippen LogP contribution < -0.4 is 0 Å². The molecule has 23 heavy (non-hydrogen) atoms. The van der Waals surface area contributed by atoms with Gasteiger partial charge in [0.25, 0.3) is 10.2 Å². The van der Waals surface area contributed by atoms with Crippen molar-refractivity contribution in [3.63, 3.8) is 0 Å². The molecule has 2 saturated heterocycles. The molecule has 5 nitrogen and oxygen atoms in total. The van der Waals surface area contributed by atoms with Crippen LogP contribution in [0.25, 0.3) is 0 Å². The van der Waals surface area contributed by atoms with Gasteiger partial charge >= 0.3 is 0 Å². The molecule has 0 radical (unpaired) electrons. The summed E-state index contributed by atoms with van der Waals surface area (Å²) in [4.78, 5) is 2.39. The Kier molecular flexibility index (Phi) is 4.78. The minimum atomic E-state index is -3.37. The lowest BCUT2D eigenvalue weighted by atomic mass is 10.0. The highest BCUT2D eigenvalue weighted by Gasteiger charge is 2.46. The van der Waals surface area contributed by atoms with Crippen LogP contribution in [0.3, 0.4) is 0 Å². The largest absolute Gasteiger partial charge is 0.295 e. The number of rotatable bonds is 3. The lowest BCUT2D eigenvalue weighted by Crippen LogP contribution is -2.49. The minimum absolute atomic E-state index is 0.0695. The van der Waals surface area contributed by atoms with Crippen LogP contribution in [0.5, 0.6) is 0 Å². The lowest BCUT2D eigenvalue weighted by molar-refractivity contribution is 0.206. The molecule has 0 bridgehead atoms. The summed E-state index contributed by atoms with van der Waals surface area (Å²) in [6.07, 6.45) is 3.98. The first kappa shape index (κ1) is 16.9. The summed E-state index contributed by atoms with van der Waals surface area (Å²) in [6.45, 7) is 0.636. The van der Waals surface area contributed by atoms with Crippen LogP contribution in [-0.2, 0) is 10.2 Å². The zero-order valence-corrected chi connectivity index (χ0v) is 15.0. The maximum atomic E-state index is 12.8. The molecule has 1 aromatic rings. The van der Waals surface area contributed by atoms with Gasteiger partial charge in [0.05, 0.1) is 0 Å². The Balaban J connectivity index is 1.93. The van der Waals surface area contributed by atoms with Gasteiger partial charge in [-0.2, -0.15) is 17.0 Å². The molecule has 2 fully saturated rings. The number of benzene rings is 1. The van der Waals surface area contributed by atoms with E-state index < -0.39 is 10.2 Å². The fourth-order valence-corrected chi connectivity index (χ4v) is 5.44. The quantitative estimate of drug-likeness (QED) is 0.848.